The van der Waals surface area contributed by atoms with E-state index in [4.69, 9.17) is 11.2 Å². The highest BCUT2D eigenvalue weighted by Gasteiger charge is 2.43. The van der Waals surface area contributed by atoms with Crippen LogP contribution in [0.1, 0.15) is 31.9 Å². The van der Waals surface area contributed by atoms with Crippen LogP contribution in [0, 0.1) is 12.3 Å². The molecule has 26 heavy (non-hydrogen) atoms. The van der Waals surface area contributed by atoms with Gasteiger partial charge in [0.15, 0.2) is 23.2 Å². The fraction of sp³-hybridized carbons (Fsp3) is 0.588. The van der Waals surface area contributed by atoms with Gasteiger partial charge in [-0.05, 0) is 25.7 Å². The van der Waals surface area contributed by atoms with Crippen molar-refractivity contribution in [2.45, 2.75) is 62.4 Å². The van der Waals surface area contributed by atoms with Gasteiger partial charge in [0.25, 0.3) is 0 Å². The van der Waals surface area contributed by atoms with Crippen molar-refractivity contribution in [3.05, 3.63) is 12.7 Å². The number of terminal acetylenes is 1. The third-order valence-electron chi connectivity index (χ3n) is 5.07. The zero-order chi connectivity index (χ0) is 18.3. The van der Waals surface area contributed by atoms with Gasteiger partial charge in [-0.3, -0.25) is 4.57 Å². The minimum atomic E-state index is -1.18. The largest absolute Gasteiger partial charge is 0.393 e. The normalized spacial score (nSPS) is 34.7. The van der Waals surface area contributed by atoms with E-state index in [1.54, 1.807) is 4.57 Å². The van der Waals surface area contributed by atoms with Gasteiger partial charge in [-0.1, -0.05) is 5.92 Å². The van der Waals surface area contributed by atoms with Crippen LogP contribution in [-0.2, 0) is 4.74 Å². The van der Waals surface area contributed by atoms with Crippen LogP contribution in [-0.4, -0.2) is 65.3 Å². The van der Waals surface area contributed by atoms with Gasteiger partial charge in [0, 0.05) is 6.04 Å². The van der Waals surface area contributed by atoms with Crippen LogP contribution < -0.4 is 5.32 Å². The lowest BCUT2D eigenvalue weighted by molar-refractivity contribution is -0.0230. The van der Waals surface area contributed by atoms with Gasteiger partial charge in [0.05, 0.1) is 12.4 Å². The van der Waals surface area contributed by atoms with Gasteiger partial charge in [-0.15, -0.1) is 6.42 Å². The summed E-state index contributed by atoms with van der Waals surface area (Å²) in [6, 6.07) is 0.211. The summed E-state index contributed by atoms with van der Waals surface area (Å²) in [6.45, 7) is 0. The van der Waals surface area contributed by atoms with E-state index in [0.717, 1.165) is 25.7 Å². The molecule has 138 valence electrons. The summed E-state index contributed by atoms with van der Waals surface area (Å²) in [7, 11) is 0. The zero-order valence-corrected chi connectivity index (χ0v) is 14.1. The fourth-order valence-corrected chi connectivity index (χ4v) is 3.58. The molecule has 0 bridgehead atoms. The maximum absolute atomic E-state index is 10.2. The second kappa shape index (κ2) is 6.81. The van der Waals surface area contributed by atoms with Crippen LogP contribution in [0.4, 0.5) is 5.82 Å². The number of imidazole rings is 1. The lowest BCUT2D eigenvalue weighted by atomic mass is 9.93. The predicted octanol–water partition coefficient (Wildman–Crippen LogP) is -0.206. The number of anilines is 1. The number of hydrogen-bond acceptors (Lipinski definition) is 8. The summed E-state index contributed by atoms with van der Waals surface area (Å²) in [5.41, 5.74) is 1.03. The van der Waals surface area contributed by atoms with Gasteiger partial charge in [-0.2, -0.15) is 0 Å². The summed E-state index contributed by atoms with van der Waals surface area (Å²) in [5.74, 6) is 2.92. The van der Waals surface area contributed by atoms with Gasteiger partial charge < -0.3 is 25.4 Å². The third-order valence-corrected chi connectivity index (χ3v) is 5.07. The van der Waals surface area contributed by atoms with E-state index in [0.29, 0.717) is 17.0 Å². The second-order valence-electron chi connectivity index (χ2n) is 6.79. The third kappa shape index (κ3) is 2.91. The summed E-state index contributed by atoms with van der Waals surface area (Å²) in [4.78, 5) is 12.9. The lowest BCUT2D eigenvalue weighted by Gasteiger charge is -2.26. The maximum atomic E-state index is 10.2. The minimum absolute atomic E-state index is 0.211. The number of hydrogen-bond donors (Lipinski definition) is 4. The van der Waals surface area contributed by atoms with Crippen LogP contribution in [0.3, 0.4) is 0 Å². The Morgan fingerprint density at radius 2 is 1.88 bits per heavy atom. The van der Waals surface area contributed by atoms with Crippen LogP contribution in [0.25, 0.3) is 11.2 Å². The molecule has 2 aliphatic rings. The number of fused-ring (bicyclic) bond motifs is 1. The lowest BCUT2D eigenvalue weighted by Crippen LogP contribution is -2.30. The van der Waals surface area contributed by atoms with Gasteiger partial charge in [-0.25, -0.2) is 15.0 Å². The molecular formula is C17H21N5O4. The Balaban J connectivity index is 1.61. The smallest absolute Gasteiger partial charge is 0.167 e. The van der Waals surface area contributed by atoms with E-state index in [1.807, 2.05) is 0 Å². The summed E-state index contributed by atoms with van der Waals surface area (Å²) >= 11 is 0. The van der Waals surface area contributed by atoms with Crippen LogP contribution >= 0.6 is 0 Å². The molecule has 0 unspecified atom stereocenters. The molecule has 9 nitrogen and oxygen atoms in total. The Hall–Kier alpha value is -2.25. The Bertz CT molecular complexity index is 826. The second-order valence-corrected chi connectivity index (χ2v) is 6.79. The van der Waals surface area contributed by atoms with Crippen molar-refractivity contribution >= 4 is 17.0 Å². The highest BCUT2D eigenvalue weighted by atomic mass is 16.6. The molecule has 4 rings (SSSR count). The number of nitrogens with zero attached hydrogens (tertiary/aromatic N) is 4. The molecule has 1 saturated heterocycles. The molecule has 0 amide bonds. The number of rotatable bonds is 3. The van der Waals surface area contributed by atoms with Crippen molar-refractivity contribution in [1.82, 2.24) is 19.5 Å². The molecule has 4 N–H and O–H groups in total. The van der Waals surface area contributed by atoms with Crippen molar-refractivity contribution in [3.8, 4) is 12.3 Å². The van der Waals surface area contributed by atoms with Gasteiger partial charge in [0.1, 0.15) is 24.6 Å². The molecule has 3 heterocycles. The molecule has 4 atom stereocenters. The number of aliphatic hydroxyl groups is 3. The molecule has 2 aromatic heterocycles. The summed E-state index contributed by atoms with van der Waals surface area (Å²) in [5, 5.41) is 33.2. The summed E-state index contributed by atoms with van der Waals surface area (Å²) in [6.07, 6.45) is 7.12. The fourth-order valence-electron chi connectivity index (χ4n) is 3.58. The first-order chi connectivity index (χ1) is 12.6. The average Bonchev–Trinajstić information content (AvgIpc) is 3.19. The molecule has 0 radical (unpaired) electrons. The van der Waals surface area contributed by atoms with Crippen molar-refractivity contribution in [2.75, 3.05) is 5.32 Å². The average molecular weight is 359 g/mol. The number of ether oxygens (including phenoxy) is 1. The molecule has 0 aromatic carbocycles. The van der Waals surface area contributed by atoms with Crippen LogP contribution in [0.15, 0.2) is 12.7 Å². The molecule has 0 spiro atoms. The van der Waals surface area contributed by atoms with Crippen LogP contribution in [0.2, 0.25) is 0 Å². The molecule has 1 saturated carbocycles. The Morgan fingerprint density at radius 1 is 1.12 bits per heavy atom. The molecule has 9 heteroatoms. The van der Waals surface area contributed by atoms with Crippen molar-refractivity contribution in [2.24, 2.45) is 0 Å². The van der Waals surface area contributed by atoms with E-state index in [9.17, 15) is 15.3 Å². The zero-order valence-electron chi connectivity index (χ0n) is 14.1. The van der Waals surface area contributed by atoms with Crippen molar-refractivity contribution in [3.63, 3.8) is 0 Å². The molecule has 2 fully saturated rings. The van der Waals surface area contributed by atoms with E-state index >= 15 is 0 Å². The minimum Gasteiger partial charge on any atom is -0.393 e. The standard InChI is InChI=1S/C17H21N5O4/c1-2-11-13(24)14(25)17(26-11)22-8-20-12-15(18-7-19-16(12)22)21-9-3-5-10(23)6-4-9/h1,7-11,13-14,17,23-25H,3-6H2,(H,18,19,21)/t9?,10?,11-,13-,14-,17-/m1/s1. The number of aliphatic hydroxyl groups excluding tert-OH is 3. The first-order valence-electron chi connectivity index (χ1n) is 8.68. The van der Waals surface area contributed by atoms with Gasteiger partial charge in [0.2, 0.25) is 0 Å². The van der Waals surface area contributed by atoms with Gasteiger partial charge >= 0.3 is 0 Å². The molecule has 2 aromatic rings. The van der Waals surface area contributed by atoms with E-state index in [-0.39, 0.29) is 12.1 Å². The first-order valence-corrected chi connectivity index (χ1v) is 8.68. The molecule has 1 aliphatic carbocycles. The number of aromatic nitrogens is 4. The Kier molecular flexibility index (Phi) is 4.50. The van der Waals surface area contributed by atoms with E-state index in [2.05, 4.69) is 26.2 Å². The Labute approximate surface area is 150 Å². The maximum Gasteiger partial charge on any atom is 0.167 e. The SMILES string of the molecule is C#C[C@H]1O[C@@H](n2cnc3c(NC4CCC(O)CC4)ncnc32)[C@H](O)[C@@H]1O. The van der Waals surface area contributed by atoms with Crippen molar-refractivity contribution in [1.29, 1.82) is 0 Å². The molecular weight excluding hydrogens is 338 g/mol. The highest BCUT2D eigenvalue weighted by Crippen LogP contribution is 2.32. The van der Waals surface area contributed by atoms with Crippen LogP contribution in [0.5, 0.6) is 0 Å². The van der Waals surface area contributed by atoms with Crippen molar-refractivity contribution < 1.29 is 20.1 Å². The monoisotopic (exact) mass is 359 g/mol. The number of nitrogens with one attached hydrogen (secondary N) is 1. The first kappa shape index (κ1) is 17.2. The molecule has 1 aliphatic heterocycles. The summed E-state index contributed by atoms with van der Waals surface area (Å²) < 4.78 is 7.12. The quantitative estimate of drug-likeness (QED) is 0.555. The van der Waals surface area contributed by atoms with E-state index in [1.165, 1.54) is 12.7 Å². The Morgan fingerprint density at radius 3 is 2.58 bits per heavy atom. The predicted molar refractivity (Wildman–Crippen MR) is 92.0 cm³/mol. The highest BCUT2D eigenvalue weighted by molar-refractivity contribution is 5.82. The topological polar surface area (TPSA) is 126 Å². The van der Waals surface area contributed by atoms with E-state index < -0.39 is 24.5 Å².